The standard InChI is InChI=1S/C50H52FN7O7S/c1-30(2)37-7-4-5-8-38(37)43-9-6-18-57(43)34-25-50(26-34)16-19-56(20-17-50)33-14-15-39(45(21-33)65-35-22-40-41(51)28-53-48(40)52-27-35)49(59)55-66(62,63)36-23-44(58(60)61)47-46(24-36)64-29-42(54-47)32-12-10-31(3)11-13-32/h4-5,7-8,10-15,21-24,27-28,30,34,42-43,54H,6,9,16-20,25-26,29H2,1-3H3,(H,52,53)(H,55,59)/t42-,43+/m1/s1. The van der Waals surface area contributed by atoms with Gasteiger partial charge in [-0.25, -0.2) is 22.5 Å². The largest absolute Gasteiger partial charge is 0.489 e. The third-order valence-electron chi connectivity index (χ3n) is 14.2. The van der Waals surface area contributed by atoms with Crippen molar-refractivity contribution in [1.29, 1.82) is 0 Å². The van der Waals surface area contributed by atoms with E-state index in [-0.39, 0.29) is 45.9 Å². The Hall–Kier alpha value is -6.52. The first-order chi connectivity index (χ1) is 31.7. The number of piperidine rings is 1. The molecular formula is C50H52FN7O7S. The maximum absolute atomic E-state index is 14.6. The molecule has 2 saturated heterocycles. The van der Waals surface area contributed by atoms with E-state index in [0.29, 0.717) is 23.6 Å². The SMILES string of the molecule is Cc1ccc([C@H]2COc3cc(S(=O)(=O)NC(=O)c4ccc(N5CCC6(CC5)CC(N5CCC[C@H]5c5ccccc5C(C)C)C6)cc4Oc4cnc5[nH]cc(F)c5c4)cc([N+](=O)[O-])c3N2)cc1. The summed E-state index contributed by atoms with van der Waals surface area (Å²) < 4.78 is 56.8. The molecule has 3 fully saturated rings. The number of nitrogens with one attached hydrogen (secondary N) is 3. The molecule has 1 amide bonds. The number of halogens is 1. The van der Waals surface area contributed by atoms with E-state index in [1.54, 1.807) is 12.1 Å². The monoisotopic (exact) mass is 913 g/mol. The lowest BCUT2D eigenvalue weighted by molar-refractivity contribution is -0.384. The molecule has 2 atom stereocenters. The number of aromatic amines is 1. The van der Waals surface area contributed by atoms with Crippen molar-refractivity contribution < 1.29 is 32.0 Å². The van der Waals surface area contributed by atoms with E-state index in [1.165, 1.54) is 48.5 Å². The maximum Gasteiger partial charge on any atom is 0.297 e. The second-order valence-electron chi connectivity index (χ2n) is 18.6. The first kappa shape index (κ1) is 43.4. The number of carbonyl (C=O) groups excluding carboxylic acids is 1. The van der Waals surface area contributed by atoms with E-state index in [4.69, 9.17) is 9.47 Å². The van der Waals surface area contributed by atoms with E-state index >= 15 is 0 Å². The summed E-state index contributed by atoms with van der Waals surface area (Å²) in [6, 6.07) is 25.6. The normalized spacial score (nSPS) is 19.6. The van der Waals surface area contributed by atoms with Crippen molar-refractivity contribution in [3.63, 3.8) is 0 Å². The van der Waals surface area contributed by atoms with Gasteiger partial charge in [0.25, 0.3) is 21.6 Å². The zero-order valence-electron chi connectivity index (χ0n) is 37.1. The van der Waals surface area contributed by atoms with E-state index in [2.05, 4.69) is 67.9 Å². The molecule has 4 aromatic carbocycles. The van der Waals surface area contributed by atoms with E-state index in [0.717, 1.165) is 74.3 Å². The number of aryl methyl sites for hydroxylation is 1. The van der Waals surface area contributed by atoms with Gasteiger partial charge in [-0.05, 0) is 98.2 Å². The van der Waals surface area contributed by atoms with Gasteiger partial charge < -0.3 is 24.7 Å². The lowest BCUT2D eigenvalue weighted by atomic mass is 9.59. The van der Waals surface area contributed by atoms with Crippen LogP contribution in [0.1, 0.15) is 103 Å². The van der Waals surface area contributed by atoms with Crippen LogP contribution in [-0.4, -0.2) is 66.4 Å². The van der Waals surface area contributed by atoms with Crippen molar-refractivity contribution in [2.45, 2.75) is 88.2 Å². The van der Waals surface area contributed by atoms with Gasteiger partial charge in [-0.1, -0.05) is 67.9 Å². The fourth-order valence-corrected chi connectivity index (χ4v) is 11.6. The highest BCUT2D eigenvalue weighted by Crippen LogP contribution is 2.54. The van der Waals surface area contributed by atoms with Crippen LogP contribution in [0.3, 0.4) is 0 Å². The number of hydrogen-bond acceptors (Lipinski definition) is 11. The Balaban J connectivity index is 0.874. The minimum atomic E-state index is -4.71. The second kappa shape index (κ2) is 17.0. The number of ether oxygens (including phenoxy) is 2. The lowest BCUT2D eigenvalue weighted by Crippen LogP contribution is -2.54. The highest BCUT2D eigenvalue weighted by Gasteiger charge is 2.50. The summed E-state index contributed by atoms with van der Waals surface area (Å²) in [5, 5.41) is 15.7. The third kappa shape index (κ3) is 8.21. The van der Waals surface area contributed by atoms with Crippen LogP contribution in [0.15, 0.2) is 102 Å². The Morgan fingerprint density at radius 2 is 1.80 bits per heavy atom. The van der Waals surface area contributed by atoms with Gasteiger partial charge in [-0.15, -0.1) is 0 Å². The molecule has 4 aliphatic rings. The van der Waals surface area contributed by atoms with Gasteiger partial charge in [0.05, 0.1) is 33.0 Å². The molecule has 10 rings (SSSR count). The number of benzene rings is 4. The first-order valence-corrected chi connectivity index (χ1v) is 24.1. The van der Waals surface area contributed by atoms with Crippen LogP contribution in [-0.2, 0) is 10.0 Å². The fourth-order valence-electron chi connectivity index (χ4n) is 10.6. The van der Waals surface area contributed by atoms with Crippen molar-refractivity contribution in [3.8, 4) is 17.2 Å². The van der Waals surface area contributed by atoms with Crippen LogP contribution >= 0.6 is 0 Å². The van der Waals surface area contributed by atoms with Crippen LogP contribution in [0.5, 0.6) is 17.2 Å². The molecule has 16 heteroatoms. The molecule has 0 bridgehead atoms. The lowest BCUT2D eigenvalue weighted by Gasteiger charge is -2.56. The van der Waals surface area contributed by atoms with Crippen molar-refractivity contribution in [2.75, 3.05) is 36.5 Å². The number of sulfonamides is 1. The highest BCUT2D eigenvalue weighted by atomic mass is 32.2. The average Bonchev–Trinajstić information content (AvgIpc) is 3.94. The summed E-state index contributed by atoms with van der Waals surface area (Å²) in [5.74, 6) is -0.985. The van der Waals surface area contributed by atoms with Gasteiger partial charge in [-0.3, -0.25) is 19.8 Å². The van der Waals surface area contributed by atoms with Crippen LogP contribution in [0.2, 0.25) is 0 Å². The minimum Gasteiger partial charge on any atom is -0.489 e. The predicted molar refractivity (Wildman–Crippen MR) is 249 cm³/mol. The molecule has 5 heterocycles. The Morgan fingerprint density at radius 1 is 1.03 bits per heavy atom. The molecule has 1 saturated carbocycles. The Labute approximate surface area is 382 Å². The Kier molecular flexibility index (Phi) is 11.2. The molecule has 66 heavy (non-hydrogen) atoms. The zero-order valence-corrected chi connectivity index (χ0v) is 37.9. The molecule has 1 spiro atoms. The van der Waals surface area contributed by atoms with Crippen LogP contribution in [0, 0.1) is 28.3 Å². The van der Waals surface area contributed by atoms with Gasteiger partial charge in [0.15, 0.2) is 11.4 Å². The number of nitro benzene ring substituents is 1. The first-order valence-electron chi connectivity index (χ1n) is 22.6. The number of hydrogen-bond donors (Lipinski definition) is 3. The molecule has 6 aromatic rings. The number of aromatic nitrogens is 2. The molecule has 1 aliphatic carbocycles. The Morgan fingerprint density at radius 3 is 2.56 bits per heavy atom. The number of pyridine rings is 1. The minimum absolute atomic E-state index is 0.0224. The van der Waals surface area contributed by atoms with Gasteiger partial charge in [0.2, 0.25) is 0 Å². The number of fused-ring (bicyclic) bond motifs is 2. The summed E-state index contributed by atoms with van der Waals surface area (Å²) in [6.07, 6.45) is 9.31. The number of anilines is 2. The van der Waals surface area contributed by atoms with E-state index in [1.807, 2.05) is 31.2 Å². The number of nitro groups is 1. The summed E-state index contributed by atoms with van der Waals surface area (Å²) >= 11 is 0. The van der Waals surface area contributed by atoms with E-state index in [9.17, 15) is 27.7 Å². The molecule has 2 aromatic heterocycles. The molecule has 14 nitrogen and oxygen atoms in total. The smallest absolute Gasteiger partial charge is 0.297 e. The number of rotatable bonds is 11. The van der Waals surface area contributed by atoms with Crippen LogP contribution in [0.4, 0.5) is 21.5 Å². The molecular weight excluding hydrogens is 862 g/mol. The van der Waals surface area contributed by atoms with Crippen LogP contribution < -0.4 is 24.4 Å². The average molecular weight is 914 g/mol. The molecule has 0 unspecified atom stereocenters. The molecule has 0 radical (unpaired) electrons. The fraction of sp³-hybridized carbons (Fsp3) is 0.360. The second-order valence-corrected chi connectivity index (χ2v) is 20.3. The van der Waals surface area contributed by atoms with Gasteiger partial charge >= 0.3 is 0 Å². The summed E-state index contributed by atoms with van der Waals surface area (Å²) in [5.41, 5.74) is 5.53. The summed E-state index contributed by atoms with van der Waals surface area (Å²) in [7, 11) is -4.71. The number of amides is 1. The maximum atomic E-state index is 14.6. The van der Waals surface area contributed by atoms with Crippen molar-refractivity contribution in [3.05, 3.63) is 141 Å². The van der Waals surface area contributed by atoms with Gasteiger partial charge in [0.1, 0.15) is 29.6 Å². The molecule has 342 valence electrons. The number of nitrogens with zero attached hydrogens (tertiary/aromatic N) is 4. The summed E-state index contributed by atoms with van der Waals surface area (Å²) in [6.45, 7) is 9.27. The van der Waals surface area contributed by atoms with Gasteiger partial charge in [-0.2, -0.15) is 0 Å². The van der Waals surface area contributed by atoms with E-state index < -0.39 is 43.3 Å². The topological polar surface area (TPSA) is 172 Å². The zero-order chi connectivity index (χ0) is 45.9. The molecule has 3 N–H and O–H groups in total. The van der Waals surface area contributed by atoms with Gasteiger partial charge in [0, 0.05) is 55.3 Å². The van der Waals surface area contributed by atoms with Crippen molar-refractivity contribution >= 4 is 44.0 Å². The summed E-state index contributed by atoms with van der Waals surface area (Å²) in [4.78, 5) is 37.2. The van der Waals surface area contributed by atoms with Crippen molar-refractivity contribution in [1.82, 2.24) is 19.6 Å². The molecule has 3 aliphatic heterocycles. The number of likely N-dealkylation sites (tertiary alicyclic amines) is 1. The quantitative estimate of drug-likeness (QED) is 0.0834. The van der Waals surface area contributed by atoms with Crippen molar-refractivity contribution in [2.24, 2.45) is 5.41 Å². The Bertz CT molecular complexity index is 2960. The number of H-pyrrole nitrogens is 1. The third-order valence-corrected chi connectivity index (χ3v) is 15.5. The predicted octanol–water partition coefficient (Wildman–Crippen LogP) is 10.1. The highest BCUT2D eigenvalue weighted by molar-refractivity contribution is 7.90. The number of carbonyl (C=O) groups is 1. The van der Waals surface area contributed by atoms with Crippen LogP contribution in [0.25, 0.3) is 11.0 Å².